The van der Waals surface area contributed by atoms with Crippen LogP contribution in [0.3, 0.4) is 0 Å². The fourth-order valence-electron chi connectivity index (χ4n) is 1.16. The molecule has 0 unspecified atom stereocenters. The minimum Gasteiger partial charge on any atom is -0.500 e. The van der Waals surface area contributed by atoms with Crippen LogP contribution in [-0.2, 0) is 6.42 Å². The van der Waals surface area contributed by atoms with Gasteiger partial charge in [0.15, 0.2) is 5.75 Å². The van der Waals surface area contributed by atoms with Gasteiger partial charge in [-0.15, -0.1) is 12.3 Å². The fraction of sp³-hybridized carbons (Fsp3) is 0.200. The van der Waals surface area contributed by atoms with Gasteiger partial charge in [0.25, 0.3) is 0 Å². The number of nitrogens with zero attached hydrogens (tertiary/aromatic N) is 1. The maximum absolute atomic E-state index is 10.6. The van der Waals surface area contributed by atoms with E-state index in [9.17, 15) is 15.2 Å². The molecule has 0 heterocycles. The number of aromatic hydroxyl groups is 1. The van der Waals surface area contributed by atoms with Gasteiger partial charge in [-0.05, 0) is 11.6 Å². The van der Waals surface area contributed by atoms with E-state index in [4.69, 9.17) is 11.2 Å². The van der Waals surface area contributed by atoms with Gasteiger partial charge in [0, 0.05) is 12.5 Å². The lowest BCUT2D eigenvalue weighted by molar-refractivity contribution is -0.386. The van der Waals surface area contributed by atoms with Crippen LogP contribution in [0.1, 0.15) is 5.56 Å². The number of terminal acetylenes is 1. The summed E-state index contributed by atoms with van der Waals surface area (Å²) in [6.07, 6.45) is 5.34. The molecule has 78 valence electrons. The highest BCUT2D eigenvalue weighted by Crippen LogP contribution is 2.36. The average molecular weight is 207 g/mol. The number of rotatable bonds is 3. The molecule has 0 saturated heterocycles. The number of benzene rings is 1. The summed E-state index contributed by atoms with van der Waals surface area (Å²) >= 11 is 0. The number of nitro groups is 1. The molecule has 0 aromatic heterocycles. The van der Waals surface area contributed by atoms with Crippen molar-refractivity contribution < 1.29 is 14.8 Å². The summed E-state index contributed by atoms with van der Waals surface area (Å²) in [7, 11) is 1.32. The number of ether oxygens (including phenoxy) is 1. The van der Waals surface area contributed by atoms with Crippen LogP contribution >= 0.6 is 0 Å². The second-order valence-electron chi connectivity index (χ2n) is 2.80. The Morgan fingerprint density at radius 2 is 2.33 bits per heavy atom. The molecule has 1 aromatic carbocycles. The van der Waals surface area contributed by atoms with Crippen molar-refractivity contribution in [2.75, 3.05) is 7.11 Å². The highest BCUT2D eigenvalue weighted by atomic mass is 16.6. The number of hydrogen-bond donors (Lipinski definition) is 1. The molecule has 15 heavy (non-hydrogen) atoms. The molecule has 0 aliphatic heterocycles. The first-order valence-electron chi connectivity index (χ1n) is 4.08. The first-order valence-corrected chi connectivity index (χ1v) is 4.08. The van der Waals surface area contributed by atoms with Crippen LogP contribution in [0.2, 0.25) is 0 Å². The Balaban J connectivity index is 3.33. The molecular weight excluding hydrogens is 198 g/mol. The largest absolute Gasteiger partial charge is 0.500 e. The molecule has 0 amide bonds. The Bertz CT molecular complexity index is 434. The third kappa shape index (κ3) is 2.17. The Hall–Kier alpha value is -2.22. The van der Waals surface area contributed by atoms with Gasteiger partial charge >= 0.3 is 5.69 Å². The van der Waals surface area contributed by atoms with Gasteiger partial charge in [-0.1, -0.05) is 0 Å². The highest BCUT2D eigenvalue weighted by molar-refractivity contribution is 5.57. The lowest BCUT2D eigenvalue weighted by atomic mass is 10.1. The number of phenols is 1. The molecular formula is C10H9NO4. The van der Waals surface area contributed by atoms with Gasteiger partial charge in [-0.25, -0.2) is 0 Å². The van der Waals surface area contributed by atoms with Crippen molar-refractivity contribution in [1.29, 1.82) is 0 Å². The number of methoxy groups -OCH3 is 1. The monoisotopic (exact) mass is 207 g/mol. The second kappa shape index (κ2) is 4.33. The lowest BCUT2D eigenvalue weighted by Gasteiger charge is -2.05. The molecule has 1 N–H and O–H groups in total. The van der Waals surface area contributed by atoms with Crippen LogP contribution in [0, 0.1) is 22.5 Å². The third-order valence-corrected chi connectivity index (χ3v) is 1.84. The van der Waals surface area contributed by atoms with Crippen molar-refractivity contribution in [2.24, 2.45) is 0 Å². The lowest BCUT2D eigenvalue weighted by Crippen LogP contribution is -1.94. The molecule has 5 heteroatoms. The summed E-state index contributed by atoms with van der Waals surface area (Å²) in [5.74, 6) is 1.93. The molecule has 0 atom stereocenters. The van der Waals surface area contributed by atoms with Crippen molar-refractivity contribution in [1.82, 2.24) is 0 Å². The van der Waals surface area contributed by atoms with Crippen LogP contribution in [0.5, 0.6) is 11.5 Å². The van der Waals surface area contributed by atoms with Gasteiger partial charge in [0.1, 0.15) is 0 Å². The zero-order valence-corrected chi connectivity index (χ0v) is 8.06. The van der Waals surface area contributed by atoms with Gasteiger partial charge in [-0.3, -0.25) is 10.1 Å². The molecule has 0 aliphatic carbocycles. The summed E-state index contributed by atoms with van der Waals surface area (Å²) in [6.45, 7) is 0. The van der Waals surface area contributed by atoms with Crippen molar-refractivity contribution in [2.45, 2.75) is 6.42 Å². The van der Waals surface area contributed by atoms with E-state index < -0.39 is 16.4 Å². The van der Waals surface area contributed by atoms with Gasteiger partial charge in [-0.2, -0.15) is 0 Å². The zero-order chi connectivity index (χ0) is 11.4. The third-order valence-electron chi connectivity index (χ3n) is 1.84. The van der Waals surface area contributed by atoms with E-state index in [0.717, 1.165) is 0 Å². The predicted octanol–water partition coefficient (Wildman–Crippen LogP) is 1.48. The molecule has 0 saturated carbocycles. The summed E-state index contributed by atoms with van der Waals surface area (Å²) in [5.41, 5.74) is 0.151. The van der Waals surface area contributed by atoms with Gasteiger partial charge < -0.3 is 9.84 Å². The Kier molecular flexibility index (Phi) is 3.13. The minimum atomic E-state index is -0.683. The van der Waals surface area contributed by atoms with E-state index >= 15 is 0 Å². The fourth-order valence-corrected chi connectivity index (χ4v) is 1.16. The summed E-state index contributed by atoms with van der Waals surface area (Å²) in [6, 6.07) is 2.71. The van der Waals surface area contributed by atoms with Crippen molar-refractivity contribution >= 4 is 5.69 Å². The van der Waals surface area contributed by atoms with Crippen molar-refractivity contribution in [3.05, 3.63) is 27.8 Å². The van der Waals surface area contributed by atoms with E-state index in [0.29, 0.717) is 5.56 Å². The van der Waals surface area contributed by atoms with Crippen molar-refractivity contribution in [3.8, 4) is 23.8 Å². The number of hydrogen-bond acceptors (Lipinski definition) is 4. The Labute approximate surface area is 86.5 Å². The summed E-state index contributed by atoms with van der Waals surface area (Å²) in [4.78, 5) is 9.90. The first-order chi connectivity index (χ1) is 7.10. The number of phenolic OH excluding ortho intramolecular Hbond substituents is 1. The number of nitro benzene ring substituents is 1. The van der Waals surface area contributed by atoms with Gasteiger partial charge in [0.2, 0.25) is 5.75 Å². The average Bonchev–Trinajstić information content (AvgIpc) is 2.20. The Morgan fingerprint density at radius 3 is 2.80 bits per heavy atom. The standard InChI is InChI=1S/C10H9NO4/c1-3-4-7-5-8(11(13)14)10(12)9(6-7)15-2/h1,5-6,12H,4H2,2H3. The molecule has 0 spiro atoms. The topological polar surface area (TPSA) is 72.6 Å². The molecule has 1 aromatic rings. The summed E-state index contributed by atoms with van der Waals surface area (Å²) in [5, 5.41) is 20.0. The van der Waals surface area contributed by atoms with E-state index in [-0.39, 0.29) is 12.2 Å². The van der Waals surface area contributed by atoms with E-state index in [1.54, 1.807) is 0 Å². The smallest absolute Gasteiger partial charge is 0.314 e. The maximum Gasteiger partial charge on any atom is 0.314 e. The quantitative estimate of drug-likeness (QED) is 0.463. The van der Waals surface area contributed by atoms with E-state index in [1.807, 2.05) is 0 Å². The van der Waals surface area contributed by atoms with Crippen LogP contribution in [0.15, 0.2) is 12.1 Å². The van der Waals surface area contributed by atoms with Crippen LogP contribution in [0.25, 0.3) is 0 Å². The van der Waals surface area contributed by atoms with Crippen LogP contribution < -0.4 is 4.74 Å². The minimum absolute atomic E-state index is 0.0504. The maximum atomic E-state index is 10.6. The second-order valence-corrected chi connectivity index (χ2v) is 2.80. The van der Waals surface area contributed by atoms with E-state index in [1.165, 1.54) is 19.2 Å². The molecule has 0 aliphatic rings. The molecule has 0 radical (unpaired) electrons. The molecule has 0 bridgehead atoms. The predicted molar refractivity (Wildman–Crippen MR) is 53.9 cm³/mol. The van der Waals surface area contributed by atoms with Crippen LogP contribution in [0.4, 0.5) is 5.69 Å². The summed E-state index contributed by atoms with van der Waals surface area (Å²) < 4.78 is 4.80. The SMILES string of the molecule is C#CCc1cc(OC)c(O)c([N+](=O)[O-])c1. The van der Waals surface area contributed by atoms with Crippen molar-refractivity contribution in [3.63, 3.8) is 0 Å². The Morgan fingerprint density at radius 1 is 1.67 bits per heavy atom. The highest BCUT2D eigenvalue weighted by Gasteiger charge is 2.19. The zero-order valence-electron chi connectivity index (χ0n) is 8.06. The normalized spacial score (nSPS) is 9.33. The first kappa shape index (κ1) is 10.9. The molecule has 5 nitrogen and oxygen atoms in total. The molecule has 1 rings (SSSR count). The van der Waals surface area contributed by atoms with Crippen LogP contribution in [-0.4, -0.2) is 17.1 Å². The van der Waals surface area contributed by atoms with E-state index in [2.05, 4.69) is 5.92 Å². The molecule has 0 fully saturated rings. The van der Waals surface area contributed by atoms with Gasteiger partial charge in [0.05, 0.1) is 12.0 Å².